The van der Waals surface area contributed by atoms with Gasteiger partial charge < -0.3 is 10.1 Å². The first-order valence-corrected chi connectivity index (χ1v) is 12.9. The van der Waals surface area contributed by atoms with E-state index < -0.39 is 0 Å². The summed E-state index contributed by atoms with van der Waals surface area (Å²) in [5, 5.41) is 4.07. The number of hydrogen-bond donors (Lipinski definition) is 1. The molecule has 0 spiro atoms. The van der Waals surface area contributed by atoms with Gasteiger partial charge in [0.25, 0.3) is 0 Å². The van der Waals surface area contributed by atoms with E-state index in [-0.39, 0.29) is 11.5 Å². The molecule has 3 aliphatic heterocycles. The van der Waals surface area contributed by atoms with Crippen LogP contribution in [0.15, 0.2) is 78.9 Å². The fourth-order valence-electron chi connectivity index (χ4n) is 6.65. The fourth-order valence-corrected chi connectivity index (χ4v) is 6.65. The molecule has 3 nitrogen and oxygen atoms in total. The number of fused-ring (bicyclic) bond motifs is 3. The Bertz CT molecular complexity index is 1040. The molecule has 178 valence electrons. The summed E-state index contributed by atoms with van der Waals surface area (Å²) in [4.78, 5) is 2.76. The molecule has 2 atom stereocenters. The zero-order valence-electron chi connectivity index (χ0n) is 20.8. The van der Waals surface area contributed by atoms with Crippen molar-refractivity contribution in [1.82, 2.24) is 4.90 Å². The predicted octanol–water partition coefficient (Wildman–Crippen LogP) is 6.74. The Morgan fingerprint density at radius 2 is 1.56 bits per heavy atom. The molecule has 3 saturated heterocycles. The minimum Gasteiger partial charge on any atom is -0.495 e. The van der Waals surface area contributed by atoms with Crippen LogP contribution in [0.2, 0.25) is 0 Å². The highest BCUT2D eigenvalue weighted by Crippen LogP contribution is 2.50. The second kappa shape index (κ2) is 9.84. The van der Waals surface area contributed by atoms with E-state index in [1.54, 1.807) is 7.11 Å². The molecule has 3 heteroatoms. The third kappa shape index (κ3) is 4.11. The van der Waals surface area contributed by atoms with Gasteiger partial charge in [0, 0.05) is 17.5 Å². The molecule has 0 amide bonds. The summed E-state index contributed by atoms with van der Waals surface area (Å²) < 4.78 is 5.82. The highest BCUT2D eigenvalue weighted by molar-refractivity contribution is 5.60. The topological polar surface area (TPSA) is 24.5 Å². The van der Waals surface area contributed by atoms with E-state index in [0.29, 0.717) is 12.0 Å². The van der Waals surface area contributed by atoms with Gasteiger partial charge in [-0.3, -0.25) is 4.90 Å². The van der Waals surface area contributed by atoms with Crippen molar-refractivity contribution in [3.63, 3.8) is 0 Å². The molecule has 0 aromatic heterocycles. The molecule has 3 aromatic carbocycles. The number of hydrogen-bond acceptors (Lipinski definition) is 3. The Morgan fingerprint density at radius 1 is 0.941 bits per heavy atom. The van der Waals surface area contributed by atoms with Gasteiger partial charge in [0.05, 0.1) is 12.8 Å². The monoisotopic (exact) mass is 454 g/mol. The molecule has 6 rings (SSSR count). The van der Waals surface area contributed by atoms with Crippen molar-refractivity contribution in [3.8, 4) is 5.75 Å². The molecule has 0 radical (unpaired) electrons. The second-order valence-electron chi connectivity index (χ2n) is 10.2. The van der Waals surface area contributed by atoms with Gasteiger partial charge in [0.2, 0.25) is 0 Å². The number of aryl methyl sites for hydroxylation is 1. The van der Waals surface area contributed by atoms with Crippen molar-refractivity contribution in [2.75, 3.05) is 25.5 Å². The van der Waals surface area contributed by atoms with Gasteiger partial charge in [-0.15, -0.1) is 0 Å². The van der Waals surface area contributed by atoms with Crippen LogP contribution in [0.25, 0.3) is 0 Å². The standard InChI is InChI=1S/C31H38N2O/c1-4-11-23-16-17-28(34-3)27(22-23)32-30-26-18-20-33(21-19-26)31(30,2)29(24-12-7-5-8-13-24)25-14-9-6-10-15-25/h5-10,12-17,22,26,29-30,32H,4,11,18-21H2,1-3H3/t30-,31-/m0/s1. The summed E-state index contributed by atoms with van der Waals surface area (Å²) in [6, 6.07) is 29.2. The Kier molecular flexibility index (Phi) is 6.65. The van der Waals surface area contributed by atoms with Crippen molar-refractivity contribution in [2.24, 2.45) is 5.92 Å². The summed E-state index contributed by atoms with van der Waals surface area (Å²) >= 11 is 0. The maximum atomic E-state index is 5.82. The summed E-state index contributed by atoms with van der Waals surface area (Å²) in [7, 11) is 1.78. The van der Waals surface area contributed by atoms with Gasteiger partial charge >= 0.3 is 0 Å². The van der Waals surface area contributed by atoms with Crippen molar-refractivity contribution in [1.29, 1.82) is 0 Å². The lowest BCUT2D eigenvalue weighted by Gasteiger charge is -2.61. The SMILES string of the molecule is CCCc1ccc(OC)c(N[C@H]2C3CCN(CC3)[C@@]2(C)C(c2ccccc2)c2ccccc2)c1. The molecule has 0 unspecified atom stereocenters. The van der Waals surface area contributed by atoms with Crippen LogP contribution in [0.3, 0.4) is 0 Å². The summed E-state index contributed by atoms with van der Waals surface area (Å²) in [6.45, 7) is 7.08. The van der Waals surface area contributed by atoms with Crippen LogP contribution in [0.4, 0.5) is 5.69 Å². The number of nitrogens with zero attached hydrogens (tertiary/aromatic N) is 1. The van der Waals surface area contributed by atoms with Gasteiger partial charge in [0.1, 0.15) is 5.75 Å². The number of ether oxygens (including phenoxy) is 1. The molecule has 3 aliphatic rings. The highest BCUT2D eigenvalue weighted by Gasteiger charge is 2.55. The fraction of sp³-hybridized carbons (Fsp3) is 0.419. The lowest BCUT2D eigenvalue weighted by atomic mass is 9.62. The number of nitrogens with one attached hydrogen (secondary N) is 1. The lowest BCUT2D eigenvalue weighted by molar-refractivity contribution is -0.0401. The van der Waals surface area contributed by atoms with Crippen LogP contribution in [-0.4, -0.2) is 36.7 Å². The zero-order chi connectivity index (χ0) is 23.5. The number of methoxy groups -OCH3 is 1. The highest BCUT2D eigenvalue weighted by atomic mass is 16.5. The van der Waals surface area contributed by atoms with Crippen LogP contribution < -0.4 is 10.1 Å². The molecule has 3 fully saturated rings. The molecule has 3 aromatic rings. The van der Waals surface area contributed by atoms with E-state index in [2.05, 4.69) is 103 Å². The van der Waals surface area contributed by atoms with Crippen LogP contribution in [-0.2, 0) is 6.42 Å². The van der Waals surface area contributed by atoms with E-state index in [1.807, 2.05) is 0 Å². The lowest BCUT2D eigenvalue weighted by Crippen LogP contribution is -2.70. The molecule has 1 N–H and O–H groups in total. The first-order chi connectivity index (χ1) is 16.6. The Balaban J connectivity index is 1.61. The molecule has 34 heavy (non-hydrogen) atoms. The van der Waals surface area contributed by atoms with Crippen molar-refractivity contribution in [2.45, 2.75) is 57.0 Å². The smallest absolute Gasteiger partial charge is 0.141 e. The van der Waals surface area contributed by atoms with Gasteiger partial charge in [-0.1, -0.05) is 80.1 Å². The second-order valence-corrected chi connectivity index (χ2v) is 10.2. The van der Waals surface area contributed by atoms with Gasteiger partial charge in [0.15, 0.2) is 0 Å². The number of benzene rings is 3. The normalized spacial score (nSPS) is 25.9. The molecule has 3 heterocycles. The Morgan fingerprint density at radius 3 is 2.12 bits per heavy atom. The number of anilines is 1. The Hall–Kier alpha value is -2.78. The maximum Gasteiger partial charge on any atom is 0.141 e. The van der Waals surface area contributed by atoms with Crippen molar-refractivity contribution >= 4 is 5.69 Å². The molecule has 2 bridgehead atoms. The summed E-state index contributed by atoms with van der Waals surface area (Å²) in [5.41, 5.74) is 5.23. The minimum atomic E-state index is -0.0599. The molecular weight excluding hydrogens is 416 g/mol. The van der Waals surface area contributed by atoms with Crippen LogP contribution in [0, 0.1) is 5.92 Å². The third-order valence-electron chi connectivity index (χ3n) is 8.29. The largest absolute Gasteiger partial charge is 0.495 e. The van der Waals surface area contributed by atoms with Gasteiger partial charge in [-0.05, 0) is 74.0 Å². The third-order valence-corrected chi connectivity index (χ3v) is 8.29. The summed E-state index contributed by atoms with van der Waals surface area (Å²) in [6.07, 6.45) is 4.74. The molecule has 0 saturated carbocycles. The van der Waals surface area contributed by atoms with E-state index in [1.165, 1.54) is 42.6 Å². The van der Waals surface area contributed by atoms with Gasteiger partial charge in [-0.2, -0.15) is 0 Å². The number of rotatable bonds is 8. The zero-order valence-corrected chi connectivity index (χ0v) is 20.8. The summed E-state index contributed by atoms with van der Waals surface area (Å²) in [5.74, 6) is 1.86. The van der Waals surface area contributed by atoms with E-state index in [9.17, 15) is 0 Å². The minimum absolute atomic E-state index is 0.0599. The van der Waals surface area contributed by atoms with Crippen LogP contribution >= 0.6 is 0 Å². The van der Waals surface area contributed by atoms with Gasteiger partial charge in [-0.25, -0.2) is 0 Å². The first kappa shape index (κ1) is 23.0. The maximum absolute atomic E-state index is 5.82. The van der Waals surface area contributed by atoms with Crippen LogP contribution in [0.5, 0.6) is 5.75 Å². The average molecular weight is 455 g/mol. The van der Waals surface area contributed by atoms with E-state index >= 15 is 0 Å². The number of piperidine rings is 3. The predicted molar refractivity (Wildman–Crippen MR) is 142 cm³/mol. The quantitative estimate of drug-likeness (QED) is 0.408. The average Bonchev–Trinajstić information content (AvgIpc) is 2.88. The van der Waals surface area contributed by atoms with Crippen molar-refractivity contribution in [3.05, 3.63) is 95.6 Å². The van der Waals surface area contributed by atoms with Crippen LogP contribution in [0.1, 0.15) is 55.7 Å². The Labute approximate surface area is 205 Å². The van der Waals surface area contributed by atoms with Crippen molar-refractivity contribution < 1.29 is 4.74 Å². The van der Waals surface area contributed by atoms with E-state index in [0.717, 1.165) is 24.3 Å². The van der Waals surface area contributed by atoms with E-state index in [4.69, 9.17) is 4.74 Å². The first-order valence-electron chi connectivity index (χ1n) is 12.9. The molecule has 0 aliphatic carbocycles. The molecular formula is C31H38N2O.